The Kier molecular flexibility index (Phi) is 2.67. The molecule has 1 heterocycles. The molecule has 0 saturated heterocycles. The molecule has 0 N–H and O–H groups in total. The van der Waals surface area contributed by atoms with Gasteiger partial charge in [0.1, 0.15) is 0 Å². The summed E-state index contributed by atoms with van der Waals surface area (Å²) in [5.74, 6) is -0.392. The lowest BCUT2D eigenvalue weighted by molar-refractivity contribution is -0.115. The minimum atomic E-state index is -0.392. The minimum Gasteiger partial charge on any atom is -0.361 e. The first kappa shape index (κ1) is 11.7. The van der Waals surface area contributed by atoms with Gasteiger partial charge < -0.3 is 5.53 Å². The van der Waals surface area contributed by atoms with Gasteiger partial charge in [-0.1, -0.05) is 35.9 Å². The van der Waals surface area contributed by atoms with E-state index in [0.29, 0.717) is 22.0 Å². The van der Waals surface area contributed by atoms with Crippen molar-refractivity contribution in [2.24, 2.45) is 0 Å². The largest absolute Gasteiger partial charge is 0.389 e. The predicted molar refractivity (Wildman–Crippen MR) is 72.8 cm³/mol. The van der Waals surface area contributed by atoms with Crippen molar-refractivity contribution in [3.63, 3.8) is 0 Å². The fraction of sp³-hybridized carbons (Fsp3) is 0. The van der Waals surface area contributed by atoms with Crippen LogP contribution in [0.15, 0.2) is 48.5 Å². The van der Waals surface area contributed by atoms with Crippen LogP contribution in [0, 0.1) is 0 Å². The maximum atomic E-state index is 12.3. The molecule has 19 heavy (non-hydrogen) atoms. The Morgan fingerprint density at radius 1 is 1.05 bits per heavy atom. The third kappa shape index (κ3) is 1.66. The molecule has 0 bridgehead atoms. The zero-order chi connectivity index (χ0) is 13.4. The number of halogens is 1. The molecule has 1 amide bonds. The Morgan fingerprint density at radius 2 is 1.79 bits per heavy atom. The molecule has 1 aliphatic heterocycles. The first-order valence-electron chi connectivity index (χ1n) is 5.64. The van der Waals surface area contributed by atoms with Crippen molar-refractivity contribution in [3.05, 3.63) is 64.6 Å². The van der Waals surface area contributed by atoms with Crippen molar-refractivity contribution in [2.45, 2.75) is 0 Å². The second kappa shape index (κ2) is 4.35. The van der Waals surface area contributed by atoms with Crippen LogP contribution in [-0.4, -0.2) is 16.4 Å². The van der Waals surface area contributed by atoms with Gasteiger partial charge in [0, 0.05) is 5.69 Å². The molecule has 0 aliphatic carbocycles. The maximum Gasteiger partial charge on any atom is 0.389 e. The number of nitrogens with zero attached hydrogens (tertiary/aromatic N) is 3. The van der Waals surface area contributed by atoms with Gasteiger partial charge in [0.05, 0.1) is 16.3 Å². The van der Waals surface area contributed by atoms with E-state index in [1.54, 1.807) is 30.3 Å². The van der Waals surface area contributed by atoms with Crippen LogP contribution in [-0.2, 0) is 4.79 Å². The van der Waals surface area contributed by atoms with E-state index >= 15 is 0 Å². The monoisotopic (exact) mass is 269 g/mol. The number of carbonyl (C=O) groups excluding carboxylic acids is 1. The molecule has 5 heteroatoms. The van der Waals surface area contributed by atoms with Gasteiger partial charge in [-0.15, -0.1) is 0 Å². The van der Waals surface area contributed by atoms with Crippen LogP contribution >= 0.6 is 11.6 Å². The zero-order valence-corrected chi connectivity index (χ0v) is 10.5. The number of fused-ring (bicyclic) bond motifs is 1. The van der Waals surface area contributed by atoms with E-state index in [-0.39, 0.29) is 5.71 Å². The fourth-order valence-corrected chi connectivity index (χ4v) is 2.44. The molecule has 0 saturated carbocycles. The molecular formula is C14H8ClN3O. The summed E-state index contributed by atoms with van der Waals surface area (Å²) < 4.78 is 0. The average Bonchev–Trinajstić information content (AvgIpc) is 2.73. The SMILES string of the molecule is [N-]=[N+]=C1C(=O)N(c2ccccc2)c2c(Cl)cccc21. The summed E-state index contributed by atoms with van der Waals surface area (Å²) in [5.41, 5.74) is 10.8. The molecule has 3 rings (SSSR count). The third-order valence-electron chi connectivity index (χ3n) is 2.99. The predicted octanol–water partition coefficient (Wildman–Crippen LogP) is 3.04. The lowest BCUT2D eigenvalue weighted by atomic mass is 10.1. The van der Waals surface area contributed by atoms with E-state index < -0.39 is 5.91 Å². The van der Waals surface area contributed by atoms with Crippen LogP contribution in [0.4, 0.5) is 11.4 Å². The highest BCUT2D eigenvalue weighted by Crippen LogP contribution is 2.40. The number of hydrogen-bond acceptors (Lipinski definition) is 1. The number of amides is 1. The summed E-state index contributed by atoms with van der Waals surface area (Å²) in [6, 6.07) is 14.2. The molecule has 2 aromatic carbocycles. The van der Waals surface area contributed by atoms with E-state index in [0.717, 1.165) is 0 Å². The van der Waals surface area contributed by atoms with Crippen molar-refractivity contribution < 1.29 is 9.58 Å². The van der Waals surface area contributed by atoms with E-state index in [1.807, 2.05) is 18.2 Å². The minimum absolute atomic E-state index is 0.00125. The van der Waals surface area contributed by atoms with Crippen molar-refractivity contribution in [2.75, 3.05) is 4.90 Å². The van der Waals surface area contributed by atoms with E-state index in [4.69, 9.17) is 17.1 Å². The highest BCUT2D eigenvalue weighted by Gasteiger charge is 2.42. The Morgan fingerprint density at radius 3 is 2.47 bits per heavy atom. The topological polar surface area (TPSA) is 56.7 Å². The maximum absolute atomic E-state index is 12.3. The Balaban J connectivity index is 2.30. The van der Waals surface area contributed by atoms with Crippen molar-refractivity contribution in [1.29, 1.82) is 0 Å². The molecule has 0 unspecified atom stereocenters. The molecule has 0 spiro atoms. The summed E-state index contributed by atoms with van der Waals surface area (Å²) in [6.45, 7) is 0. The Bertz CT molecular complexity index is 721. The number of carbonyl (C=O) groups is 1. The molecule has 0 radical (unpaired) electrons. The molecule has 2 aromatic rings. The van der Waals surface area contributed by atoms with E-state index in [9.17, 15) is 4.79 Å². The quantitative estimate of drug-likeness (QED) is 0.580. The van der Waals surface area contributed by atoms with Crippen molar-refractivity contribution >= 4 is 34.6 Å². The molecule has 92 valence electrons. The van der Waals surface area contributed by atoms with Gasteiger partial charge in [0.2, 0.25) is 0 Å². The second-order valence-corrected chi connectivity index (χ2v) is 4.47. The van der Waals surface area contributed by atoms with Crippen LogP contribution in [0.25, 0.3) is 5.53 Å². The molecule has 4 nitrogen and oxygen atoms in total. The third-order valence-corrected chi connectivity index (χ3v) is 3.29. The molecule has 0 aromatic heterocycles. The van der Waals surface area contributed by atoms with Crippen molar-refractivity contribution in [3.8, 4) is 0 Å². The average molecular weight is 270 g/mol. The van der Waals surface area contributed by atoms with Crippen LogP contribution in [0.5, 0.6) is 0 Å². The van der Waals surface area contributed by atoms with Crippen LogP contribution in [0.3, 0.4) is 0 Å². The summed E-state index contributed by atoms with van der Waals surface area (Å²) in [5, 5.41) is 0.438. The highest BCUT2D eigenvalue weighted by atomic mass is 35.5. The lowest BCUT2D eigenvalue weighted by Gasteiger charge is -2.16. The van der Waals surface area contributed by atoms with Crippen molar-refractivity contribution in [1.82, 2.24) is 0 Å². The van der Waals surface area contributed by atoms with Crippen LogP contribution in [0.1, 0.15) is 5.56 Å². The summed E-state index contributed by atoms with van der Waals surface area (Å²) in [6.07, 6.45) is 0. The Labute approximate surface area is 114 Å². The number of rotatable bonds is 1. The Hall–Kier alpha value is -2.42. The van der Waals surface area contributed by atoms with Gasteiger partial charge in [-0.05, 0) is 24.3 Å². The standard InChI is InChI=1S/C14H8ClN3O/c15-11-8-4-7-10-12(17-16)14(19)18(13(10)11)9-5-2-1-3-6-9/h1-8H. The number of para-hydroxylation sites is 2. The van der Waals surface area contributed by atoms with Gasteiger partial charge in [-0.2, -0.15) is 4.79 Å². The summed E-state index contributed by atoms with van der Waals surface area (Å²) in [7, 11) is 0. The lowest BCUT2D eigenvalue weighted by Crippen LogP contribution is -2.25. The summed E-state index contributed by atoms with van der Waals surface area (Å²) in [4.78, 5) is 16.9. The molecule has 0 atom stereocenters. The zero-order valence-electron chi connectivity index (χ0n) is 9.75. The highest BCUT2D eigenvalue weighted by molar-refractivity contribution is 6.55. The molecular weight excluding hydrogens is 262 g/mol. The van der Waals surface area contributed by atoms with E-state index in [2.05, 4.69) is 4.79 Å². The van der Waals surface area contributed by atoms with Crippen LogP contribution in [0.2, 0.25) is 5.02 Å². The molecule has 0 fully saturated rings. The number of hydrogen-bond donors (Lipinski definition) is 0. The summed E-state index contributed by atoms with van der Waals surface area (Å²) >= 11 is 6.17. The van der Waals surface area contributed by atoms with Gasteiger partial charge in [-0.3, -0.25) is 9.69 Å². The normalized spacial score (nSPS) is 13.4. The van der Waals surface area contributed by atoms with Gasteiger partial charge in [-0.25, -0.2) is 0 Å². The first-order chi connectivity index (χ1) is 9.24. The van der Waals surface area contributed by atoms with Gasteiger partial charge in [0.15, 0.2) is 0 Å². The van der Waals surface area contributed by atoms with E-state index in [1.165, 1.54) is 4.90 Å². The number of benzene rings is 2. The fourth-order valence-electron chi connectivity index (χ4n) is 2.18. The number of anilines is 2. The van der Waals surface area contributed by atoms with Gasteiger partial charge >= 0.3 is 11.6 Å². The first-order valence-corrected chi connectivity index (χ1v) is 6.02. The van der Waals surface area contributed by atoms with Crippen LogP contribution < -0.4 is 4.90 Å². The van der Waals surface area contributed by atoms with Gasteiger partial charge in [0.25, 0.3) is 0 Å². The second-order valence-electron chi connectivity index (χ2n) is 4.06. The molecule has 1 aliphatic rings. The smallest absolute Gasteiger partial charge is 0.361 e.